The molecule has 0 heterocycles. The van der Waals surface area contributed by atoms with E-state index in [0.29, 0.717) is 23.8 Å². The zero-order chi connectivity index (χ0) is 18.9. The second-order valence-corrected chi connectivity index (χ2v) is 5.60. The highest BCUT2D eigenvalue weighted by Crippen LogP contribution is 2.26. The molecule has 6 heteroatoms. The number of aryl methyl sites for hydroxylation is 1. The number of carbonyl (C=O) groups is 2. The van der Waals surface area contributed by atoms with Crippen LogP contribution in [0.3, 0.4) is 0 Å². The van der Waals surface area contributed by atoms with Crippen LogP contribution >= 0.6 is 0 Å². The summed E-state index contributed by atoms with van der Waals surface area (Å²) in [4.78, 5) is 24.1. The van der Waals surface area contributed by atoms with Crippen molar-refractivity contribution in [2.75, 3.05) is 18.5 Å². The highest BCUT2D eigenvalue weighted by Gasteiger charge is 2.19. The van der Waals surface area contributed by atoms with Crippen LogP contribution in [-0.2, 0) is 14.3 Å². The molecule has 0 spiro atoms. The number of ether oxygens (including phenoxy) is 3. The minimum atomic E-state index is -0.937. The normalized spacial score (nSPS) is 11.3. The van der Waals surface area contributed by atoms with E-state index in [1.165, 1.54) is 6.92 Å². The predicted octanol–water partition coefficient (Wildman–Crippen LogP) is 3.34. The van der Waals surface area contributed by atoms with E-state index in [2.05, 4.69) is 5.32 Å². The Kier molecular flexibility index (Phi) is 7.02. The van der Waals surface area contributed by atoms with Crippen LogP contribution in [0.15, 0.2) is 48.5 Å². The Hall–Kier alpha value is -3.02. The Labute approximate surface area is 153 Å². The number of anilines is 1. The monoisotopic (exact) mass is 357 g/mol. The lowest BCUT2D eigenvalue weighted by Gasteiger charge is -2.15. The Morgan fingerprint density at radius 2 is 1.62 bits per heavy atom. The maximum atomic E-state index is 12.2. The van der Waals surface area contributed by atoms with Crippen molar-refractivity contribution >= 4 is 17.6 Å². The van der Waals surface area contributed by atoms with Crippen molar-refractivity contribution in [3.63, 3.8) is 0 Å². The molecule has 0 aromatic heterocycles. The van der Waals surface area contributed by atoms with Crippen molar-refractivity contribution in [2.24, 2.45) is 0 Å². The van der Waals surface area contributed by atoms with Gasteiger partial charge in [-0.1, -0.05) is 30.3 Å². The summed E-state index contributed by atoms with van der Waals surface area (Å²) in [6.45, 7) is 5.43. The van der Waals surface area contributed by atoms with Crippen molar-refractivity contribution < 1.29 is 23.8 Å². The maximum Gasteiger partial charge on any atom is 0.344 e. The molecule has 26 heavy (non-hydrogen) atoms. The molecular weight excluding hydrogens is 334 g/mol. The van der Waals surface area contributed by atoms with Gasteiger partial charge in [0.05, 0.1) is 6.61 Å². The first kappa shape index (κ1) is 19.3. The van der Waals surface area contributed by atoms with Crippen molar-refractivity contribution in [2.45, 2.75) is 26.9 Å². The minimum absolute atomic E-state index is 0.313. The quantitative estimate of drug-likeness (QED) is 0.734. The van der Waals surface area contributed by atoms with Gasteiger partial charge in [-0.25, -0.2) is 4.79 Å². The lowest BCUT2D eigenvalue weighted by molar-refractivity contribution is -0.155. The van der Waals surface area contributed by atoms with E-state index in [0.717, 1.165) is 5.56 Å². The van der Waals surface area contributed by atoms with Gasteiger partial charge >= 0.3 is 5.97 Å². The zero-order valence-corrected chi connectivity index (χ0v) is 15.2. The lowest BCUT2D eigenvalue weighted by atomic mass is 10.2. The Balaban J connectivity index is 1.85. The van der Waals surface area contributed by atoms with Crippen LogP contribution in [0.2, 0.25) is 0 Å². The smallest absolute Gasteiger partial charge is 0.344 e. The average molecular weight is 357 g/mol. The molecule has 0 saturated heterocycles. The summed E-state index contributed by atoms with van der Waals surface area (Å²) in [6.07, 6.45) is -0.937. The van der Waals surface area contributed by atoms with Crippen LogP contribution in [0, 0.1) is 6.92 Å². The summed E-state index contributed by atoms with van der Waals surface area (Å²) < 4.78 is 16.0. The second-order valence-electron chi connectivity index (χ2n) is 5.60. The van der Waals surface area contributed by atoms with Gasteiger partial charge in [0.15, 0.2) is 24.2 Å². The molecular formula is C20H23NO5. The molecule has 1 N–H and O–H groups in total. The van der Waals surface area contributed by atoms with E-state index in [-0.39, 0.29) is 6.61 Å². The van der Waals surface area contributed by atoms with E-state index in [4.69, 9.17) is 14.2 Å². The number of rotatable bonds is 8. The molecule has 2 rings (SSSR count). The summed E-state index contributed by atoms with van der Waals surface area (Å²) in [5, 5.41) is 2.74. The third kappa shape index (κ3) is 5.51. The number of carbonyl (C=O) groups excluding carboxylic acids is 2. The molecule has 0 unspecified atom stereocenters. The summed E-state index contributed by atoms with van der Waals surface area (Å²) in [5.74, 6) is -0.0393. The number of hydrogen-bond acceptors (Lipinski definition) is 5. The SMILES string of the molecule is CCOc1ccccc1OCC(=O)O[C@@H](C)C(=O)Nc1ccccc1C. The Morgan fingerprint density at radius 3 is 2.27 bits per heavy atom. The van der Waals surface area contributed by atoms with E-state index >= 15 is 0 Å². The third-order valence-corrected chi connectivity index (χ3v) is 3.57. The summed E-state index contributed by atoms with van der Waals surface area (Å²) >= 11 is 0. The highest BCUT2D eigenvalue weighted by molar-refractivity contribution is 5.95. The van der Waals surface area contributed by atoms with Crippen LogP contribution in [-0.4, -0.2) is 31.2 Å². The van der Waals surface area contributed by atoms with Crippen molar-refractivity contribution in [1.82, 2.24) is 0 Å². The Morgan fingerprint density at radius 1 is 1.00 bits per heavy atom. The molecule has 6 nitrogen and oxygen atoms in total. The third-order valence-electron chi connectivity index (χ3n) is 3.57. The number of esters is 1. The number of amides is 1. The lowest BCUT2D eigenvalue weighted by Crippen LogP contribution is -2.31. The van der Waals surface area contributed by atoms with E-state index in [1.54, 1.807) is 24.3 Å². The molecule has 0 aliphatic rings. The summed E-state index contributed by atoms with van der Waals surface area (Å²) in [6, 6.07) is 14.4. The van der Waals surface area contributed by atoms with Crippen LogP contribution in [0.25, 0.3) is 0 Å². The largest absolute Gasteiger partial charge is 0.490 e. The molecule has 0 bridgehead atoms. The number of nitrogens with one attached hydrogen (secondary N) is 1. The molecule has 0 aliphatic carbocycles. The number of benzene rings is 2. The van der Waals surface area contributed by atoms with E-state index in [9.17, 15) is 9.59 Å². The first-order valence-corrected chi connectivity index (χ1v) is 8.42. The van der Waals surface area contributed by atoms with Crippen molar-refractivity contribution in [3.05, 3.63) is 54.1 Å². The predicted molar refractivity (Wildman–Crippen MR) is 98.5 cm³/mol. The minimum Gasteiger partial charge on any atom is -0.490 e. The Bertz CT molecular complexity index is 759. The van der Waals surface area contributed by atoms with Crippen LogP contribution < -0.4 is 14.8 Å². The topological polar surface area (TPSA) is 73.9 Å². The molecule has 0 radical (unpaired) electrons. The molecule has 138 valence electrons. The molecule has 0 saturated carbocycles. The van der Waals surface area contributed by atoms with Crippen LogP contribution in [0.1, 0.15) is 19.4 Å². The fourth-order valence-corrected chi connectivity index (χ4v) is 2.21. The summed E-state index contributed by atoms with van der Waals surface area (Å²) in [7, 11) is 0. The van der Waals surface area contributed by atoms with Gasteiger partial charge in [-0.15, -0.1) is 0 Å². The van der Waals surface area contributed by atoms with Gasteiger partial charge in [0.2, 0.25) is 0 Å². The van der Waals surface area contributed by atoms with Crippen molar-refractivity contribution in [1.29, 1.82) is 0 Å². The summed E-state index contributed by atoms with van der Waals surface area (Å²) in [5.41, 5.74) is 1.61. The standard InChI is InChI=1S/C20H23NO5/c1-4-24-17-11-7-8-12-18(17)25-13-19(22)26-15(3)20(23)21-16-10-6-5-9-14(16)2/h5-12,15H,4,13H2,1-3H3,(H,21,23)/t15-/m0/s1. The van der Waals surface area contributed by atoms with Gasteiger partial charge in [0.25, 0.3) is 5.91 Å². The van der Waals surface area contributed by atoms with Gasteiger partial charge in [0, 0.05) is 5.69 Å². The van der Waals surface area contributed by atoms with Gasteiger partial charge < -0.3 is 19.5 Å². The van der Waals surface area contributed by atoms with Crippen LogP contribution in [0.5, 0.6) is 11.5 Å². The molecule has 0 fully saturated rings. The van der Waals surface area contributed by atoms with Gasteiger partial charge in [-0.3, -0.25) is 4.79 Å². The molecule has 2 aromatic rings. The molecule has 1 amide bonds. The fraction of sp³-hybridized carbons (Fsp3) is 0.300. The zero-order valence-electron chi connectivity index (χ0n) is 15.2. The van der Waals surface area contributed by atoms with E-state index in [1.807, 2.05) is 38.1 Å². The van der Waals surface area contributed by atoms with Crippen LogP contribution in [0.4, 0.5) is 5.69 Å². The second kappa shape index (κ2) is 9.46. The molecule has 1 atom stereocenters. The highest BCUT2D eigenvalue weighted by atomic mass is 16.6. The van der Waals surface area contributed by atoms with E-state index < -0.39 is 18.0 Å². The van der Waals surface area contributed by atoms with Crippen molar-refractivity contribution in [3.8, 4) is 11.5 Å². The maximum absolute atomic E-state index is 12.2. The molecule has 0 aliphatic heterocycles. The fourth-order valence-electron chi connectivity index (χ4n) is 2.21. The number of hydrogen-bond donors (Lipinski definition) is 1. The van der Waals surface area contributed by atoms with Gasteiger partial charge in [-0.2, -0.15) is 0 Å². The average Bonchev–Trinajstić information content (AvgIpc) is 2.63. The first-order valence-electron chi connectivity index (χ1n) is 8.42. The van der Waals surface area contributed by atoms with Gasteiger partial charge in [-0.05, 0) is 44.5 Å². The number of para-hydroxylation sites is 3. The molecule has 2 aromatic carbocycles. The van der Waals surface area contributed by atoms with Gasteiger partial charge in [0.1, 0.15) is 0 Å². The first-order chi connectivity index (χ1) is 12.5.